The maximum atomic E-state index is 12.7. The normalized spacial score (nSPS) is 19.5. The highest BCUT2D eigenvalue weighted by atomic mass is 16.2. The summed E-state index contributed by atoms with van der Waals surface area (Å²) in [4.78, 5) is 32.7. The number of pyridine rings is 1. The number of amides is 1. The van der Waals surface area contributed by atoms with E-state index in [1.807, 2.05) is 24.4 Å². The van der Waals surface area contributed by atoms with Crippen LogP contribution in [0.2, 0.25) is 0 Å². The Morgan fingerprint density at radius 2 is 1.67 bits per heavy atom. The Morgan fingerprint density at radius 3 is 2.33 bits per heavy atom. The summed E-state index contributed by atoms with van der Waals surface area (Å²) in [7, 11) is 0. The molecule has 2 aromatic rings. The number of carbonyl (C=O) groups is 1. The van der Waals surface area contributed by atoms with Gasteiger partial charge in [-0.25, -0.2) is 15.0 Å². The minimum atomic E-state index is 0.0772. The van der Waals surface area contributed by atoms with Crippen molar-refractivity contribution in [3.63, 3.8) is 0 Å². The number of anilines is 2. The molecule has 2 aliphatic rings. The van der Waals surface area contributed by atoms with Crippen molar-refractivity contribution in [2.75, 3.05) is 55.6 Å². The highest BCUT2D eigenvalue weighted by Crippen LogP contribution is 2.20. The average Bonchev–Trinajstić information content (AvgIpc) is 2.81. The third kappa shape index (κ3) is 5.24. The largest absolute Gasteiger partial charge is 0.354 e. The molecule has 2 fully saturated rings. The van der Waals surface area contributed by atoms with Crippen molar-refractivity contribution in [2.45, 2.75) is 25.8 Å². The third-order valence-electron chi connectivity index (χ3n) is 5.97. The van der Waals surface area contributed by atoms with Crippen LogP contribution in [0.4, 0.5) is 11.8 Å². The fourth-order valence-electron chi connectivity index (χ4n) is 4.29. The minimum absolute atomic E-state index is 0.0772. The molecule has 1 unspecified atom stereocenters. The van der Waals surface area contributed by atoms with Crippen LogP contribution in [0.3, 0.4) is 0 Å². The molecule has 1 atom stereocenters. The van der Waals surface area contributed by atoms with Gasteiger partial charge in [0.25, 0.3) is 0 Å². The van der Waals surface area contributed by atoms with Gasteiger partial charge in [0.2, 0.25) is 11.9 Å². The van der Waals surface area contributed by atoms with Crippen LogP contribution in [-0.4, -0.2) is 77.6 Å². The fraction of sp³-hybridized carbons (Fsp3) is 0.545. The van der Waals surface area contributed by atoms with E-state index in [1.165, 1.54) is 0 Å². The van der Waals surface area contributed by atoms with E-state index in [9.17, 15) is 4.79 Å². The minimum Gasteiger partial charge on any atom is -0.354 e. The highest BCUT2D eigenvalue weighted by Gasteiger charge is 2.27. The number of nitrogens with one attached hydrogen (secondary N) is 1. The van der Waals surface area contributed by atoms with Crippen LogP contribution >= 0.6 is 0 Å². The maximum Gasteiger partial charge on any atom is 0.225 e. The molecule has 160 valence electrons. The van der Waals surface area contributed by atoms with E-state index in [1.54, 1.807) is 12.4 Å². The van der Waals surface area contributed by atoms with Gasteiger partial charge in [-0.15, -0.1) is 0 Å². The summed E-state index contributed by atoms with van der Waals surface area (Å²) in [6, 6.07) is 8.01. The van der Waals surface area contributed by atoms with E-state index in [0.29, 0.717) is 0 Å². The highest BCUT2D eigenvalue weighted by molar-refractivity contribution is 5.79. The summed E-state index contributed by atoms with van der Waals surface area (Å²) >= 11 is 0. The summed E-state index contributed by atoms with van der Waals surface area (Å²) < 4.78 is 0. The van der Waals surface area contributed by atoms with E-state index >= 15 is 0 Å². The van der Waals surface area contributed by atoms with Crippen molar-refractivity contribution in [3.05, 3.63) is 42.9 Å². The van der Waals surface area contributed by atoms with Crippen molar-refractivity contribution >= 4 is 17.7 Å². The van der Waals surface area contributed by atoms with Gasteiger partial charge >= 0.3 is 0 Å². The Morgan fingerprint density at radius 1 is 0.967 bits per heavy atom. The smallest absolute Gasteiger partial charge is 0.225 e. The second-order valence-electron chi connectivity index (χ2n) is 8.20. The second kappa shape index (κ2) is 9.84. The Labute approximate surface area is 178 Å². The van der Waals surface area contributed by atoms with Gasteiger partial charge in [-0.1, -0.05) is 6.07 Å². The van der Waals surface area contributed by atoms with Gasteiger partial charge < -0.3 is 15.1 Å². The van der Waals surface area contributed by atoms with Crippen LogP contribution < -0.4 is 15.1 Å². The lowest BCUT2D eigenvalue weighted by molar-refractivity contribution is -0.126. The van der Waals surface area contributed by atoms with E-state index in [4.69, 9.17) is 0 Å². The fourth-order valence-corrected chi connectivity index (χ4v) is 4.29. The zero-order valence-electron chi connectivity index (χ0n) is 17.7. The first kappa shape index (κ1) is 20.5. The molecule has 2 saturated heterocycles. The van der Waals surface area contributed by atoms with E-state index in [2.05, 4.69) is 48.0 Å². The van der Waals surface area contributed by atoms with Gasteiger partial charge in [0.15, 0.2) is 0 Å². The van der Waals surface area contributed by atoms with Crippen molar-refractivity contribution in [1.29, 1.82) is 0 Å². The number of piperidine rings is 1. The molecule has 0 aromatic carbocycles. The number of nitrogens with zero attached hydrogens (tertiary/aromatic N) is 6. The average molecular weight is 410 g/mol. The number of rotatable bonds is 6. The van der Waals surface area contributed by atoms with E-state index in [-0.39, 0.29) is 17.9 Å². The van der Waals surface area contributed by atoms with Crippen molar-refractivity contribution in [3.8, 4) is 0 Å². The molecule has 1 amide bonds. The molecule has 0 radical (unpaired) electrons. The molecule has 4 heterocycles. The van der Waals surface area contributed by atoms with Gasteiger partial charge in [0.05, 0.1) is 0 Å². The number of aromatic nitrogens is 3. The van der Waals surface area contributed by atoms with Crippen LogP contribution in [0.25, 0.3) is 0 Å². The number of piperazine rings is 1. The number of hydrogen-bond acceptors (Lipinski definition) is 7. The summed E-state index contributed by atoms with van der Waals surface area (Å²) in [6.07, 6.45) is 7.06. The molecule has 2 aliphatic heterocycles. The molecule has 30 heavy (non-hydrogen) atoms. The van der Waals surface area contributed by atoms with E-state index in [0.717, 1.165) is 70.4 Å². The van der Waals surface area contributed by atoms with Crippen LogP contribution in [0.5, 0.6) is 0 Å². The molecule has 0 saturated carbocycles. The molecule has 8 nitrogen and oxygen atoms in total. The van der Waals surface area contributed by atoms with Crippen LogP contribution in [-0.2, 0) is 4.79 Å². The first-order chi connectivity index (χ1) is 14.7. The third-order valence-corrected chi connectivity index (χ3v) is 5.97. The number of hydrogen-bond donors (Lipinski definition) is 1. The predicted octanol–water partition coefficient (Wildman–Crippen LogP) is 1.41. The summed E-state index contributed by atoms with van der Waals surface area (Å²) in [6.45, 7) is 8.57. The van der Waals surface area contributed by atoms with Gasteiger partial charge in [0, 0.05) is 76.4 Å². The standard InChI is InChI=1S/C22H31N7O/c1-18(17-27-13-15-28(16-14-27)20-5-2-3-8-23-20)26-21(30)19-6-11-29(12-7-19)22-24-9-4-10-25-22/h2-5,8-10,18-19H,6-7,11-17H2,1H3,(H,26,30). The number of carbonyl (C=O) groups excluding carboxylic acids is 1. The van der Waals surface area contributed by atoms with Gasteiger partial charge in [-0.3, -0.25) is 9.69 Å². The zero-order chi connectivity index (χ0) is 20.8. The first-order valence-corrected chi connectivity index (χ1v) is 10.9. The summed E-state index contributed by atoms with van der Waals surface area (Å²) in [5.74, 6) is 2.07. The maximum absolute atomic E-state index is 12.7. The summed E-state index contributed by atoms with van der Waals surface area (Å²) in [5.41, 5.74) is 0. The lowest BCUT2D eigenvalue weighted by Gasteiger charge is -2.37. The lowest BCUT2D eigenvalue weighted by Crippen LogP contribution is -2.52. The Bertz CT molecular complexity index is 788. The molecule has 1 N–H and O–H groups in total. The van der Waals surface area contributed by atoms with Crippen molar-refractivity contribution in [2.24, 2.45) is 5.92 Å². The van der Waals surface area contributed by atoms with E-state index < -0.39 is 0 Å². The van der Waals surface area contributed by atoms with Crippen molar-refractivity contribution in [1.82, 2.24) is 25.2 Å². The van der Waals surface area contributed by atoms with Gasteiger partial charge in [0.1, 0.15) is 5.82 Å². The predicted molar refractivity (Wildman–Crippen MR) is 117 cm³/mol. The topological polar surface area (TPSA) is 77.5 Å². The Kier molecular flexibility index (Phi) is 6.74. The van der Waals surface area contributed by atoms with Crippen LogP contribution in [0.1, 0.15) is 19.8 Å². The van der Waals surface area contributed by atoms with Crippen LogP contribution in [0.15, 0.2) is 42.9 Å². The zero-order valence-corrected chi connectivity index (χ0v) is 17.7. The molecule has 0 spiro atoms. The monoisotopic (exact) mass is 409 g/mol. The molecule has 0 aliphatic carbocycles. The Hall–Kier alpha value is -2.74. The SMILES string of the molecule is CC(CN1CCN(c2ccccn2)CC1)NC(=O)C1CCN(c2ncccn2)CC1. The molecule has 4 rings (SSSR count). The van der Waals surface area contributed by atoms with Gasteiger partial charge in [-0.2, -0.15) is 0 Å². The van der Waals surface area contributed by atoms with Crippen LogP contribution in [0, 0.1) is 5.92 Å². The lowest BCUT2D eigenvalue weighted by atomic mass is 9.96. The molecule has 8 heteroatoms. The van der Waals surface area contributed by atoms with Crippen molar-refractivity contribution < 1.29 is 4.79 Å². The first-order valence-electron chi connectivity index (χ1n) is 10.9. The second-order valence-corrected chi connectivity index (χ2v) is 8.20. The molecular weight excluding hydrogens is 378 g/mol. The molecular formula is C22H31N7O. The summed E-state index contributed by atoms with van der Waals surface area (Å²) in [5, 5.41) is 3.24. The molecule has 0 bridgehead atoms. The quantitative estimate of drug-likeness (QED) is 0.773. The Balaban J connectivity index is 1.18. The van der Waals surface area contributed by atoms with Gasteiger partial charge in [-0.05, 0) is 38.0 Å². The molecule has 2 aromatic heterocycles.